The van der Waals surface area contributed by atoms with E-state index in [4.69, 9.17) is 0 Å². The van der Waals surface area contributed by atoms with Crippen molar-refractivity contribution in [2.24, 2.45) is 0 Å². The Balaban J connectivity index is 2.30. The third kappa shape index (κ3) is 2.88. The fourth-order valence-electron chi connectivity index (χ4n) is 2.75. The number of nitrogens with zero attached hydrogens (tertiary/aromatic N) is 2. The van der Waals surface area contributed by atoms with Crippen molar-refractivity contribution < 1.29 is 15.0 Å². The molecule has 0 saturated carbocycles. The van der Waals surface area contributed by atoms with Gasteiger partial charge >= 0.3 is 0 Å². The van der Waals surface area contributed by atoms with Crippen molar-refractivity contribution in [1.29, 1.82) is 0 Å². The Kier molecular flexibility index (Phi) is 4.49. The van der Waals surface area contributed by atoms with Crippen molar-refractivity contribution in [3.63, 3.8) is 0 Å². The summed E-state index contributed by atoms with van der Waals surface area (Å²) in [4.78, 5) is 16.6. The molecule has 1 aromatic carbocycles. The van der Waals surface area contributed by atoms with Crippen molar-refractivity contribution in [3.8, 4) is 11.5 Å². The van der Waals surface area contributed by atoms with E-state index in [1.165, 1.54) is 18.2 Å². The van der Waals surface area contributed by atoms with Crippen LogP contribution in [-0.4, -0.2) is 58.6 Å². The molecular weight excluding hydrogens is 256 g/mol. The fourth-order valence-corrected chi connectivity index (χ4v) is 2.75. The molecule has 0 radical (unpaired) electrons. The average Bonchev–Trinajstić information content (AvgIpc) is 2.59. The standard InChI is InChI=1S/C15H22N2O3/c1-3-11-10-16(2)8-5-9-17(11)15(20)14-12(18)6-4-7-13(14)19/h4,6-7,11,18-19H,3,5,8-10H2,1-2H3. The third-order valence-corrected chi connectivity index (χ3v) is 3.87. The average molecular weight is 278 g/mol. The van der Waals surface area contributed by atoms with Gasteiger partial charge in [-0.1, -0.05) is 13.0 Å². The number of carbonyl (C=O) groups is 1. The maximum atomic E-state index is 12.7. The van der Waals surface area contributed by atoms with E-state index in [2.05, 4.69) is 11.8 Å². The summed E-state index contributed by atoms with van der Waals surface area (Å²) in [5.74, 6) is -0.618. The van der Waals surface area contributed by atoms with Crippen LogP contribution >= 0.6 is 0 Å². The van der Waals surface area contributed by atoms with E-state index < -0.39 is 0 Å². The van der Waals surface area contributed by atoms with Gasteiger partial charge in [-0.15, -0.1) is 0 Å². The highest BCUT2D eigenvalue weighted by molar-refractivity contribution is 5.99. The normalized spacial score (nSPS) is 20.7. The highest BCUT2D eigenvalue weighted by Crippen LogP contribution is 2.29. The van der Waals surface area contributed by atoms with E-state index in [9.17, 15) is 15.0 Å². The lowest BCUT2D eigenvalue weighted by Crippen LogP contribution is -2.43. The molecule has 2 N–H and O–H groups in total. The second-order valence-electron chi connectivity index (χ2n) is 5.35. The summed E-state index contributed by atoms with van der Waals surface area (Å²) in [6, 6.07) is 4.49. The molecule has 1 amide bonds. The molecular formula is C15H22N2O3. The Morgan fingerprint density at radius 3 is 2.55 bits per heavy atom. The molecule has 1 aromatic rings. The molecule has 110 valence electrons. The second kappa shape index (κ2) is 6.13. The van der Waals surface area contributed by atoms with E-state index in [1.807, 2.05) is 7.05 Å². The third-order valence-electron chi connectivity index (χ3n) is 3.87. The summed E-state index contributed by atoms with van der Waals surface area (Å²) in [7, 11) is 2.05. The molecule has 1 atom stereocenters. The number of aromatic hydroxyl groups is 2. The molecule has 1 aliphatic rings. The molecule has 1 saturated heterocycles. The summed E-state index contributed by atoms with van der Waals surface area (Å²) in [5, 5.41) is 19.7. The number of amides is 1. The van der Waals surface area contributed by atoms with Crippen LogP contribution in [0.2, 0.25) is 0 Å². The van der Waals surface area contributed by atoms with Crippen LogP contribution in [0, 0.1) is 0 Å². The minimum absolute atomic E-state index is 0.00973. The Labute approximate surface area is 119 Å². The maximum Gasteiger partial charge on any atom is 0.261 e. The zero-order chi connectivity index (χ0) is 14.7. The molecule has 1 fully saturated rings. The van der Waals surface area contributed by atoms with Gasteiger partial charge in [0.05, 0.1) is 0 Å². The van der Waals surface area contributed by atoms with Crippen molar-refractivity contribution in [2.45, 2.75) is 25.8 Å². The minimum Gasteiger partial charge on any atom is -0.507 e. The van der Waals surface area contributed by atoms with Crippen LogP contribution in [0.4, 0.5) is 0 Å². The number of carbonyl (C=O) groups excluding carboxylic acids is 1. The number of phenolic OH excluding ortho intramolecular Hbond substituents is 2. The van der Waals surface area contributed by atoms with Gasteiger partial charge in [0.25, 0.3) is 5.91 Å². The van der Waals surface area contributed by atoms with E-state index in [1.54, 1.807) is 4.90 Å². The van der Waals surface area contributed by atoms with Gasteiger partial charge < -0.3 is 20.0 Å². The summed E-state index contributed by atoms with van der Waals surface area (Å²) >= 11 is 0. The zero-order valence-electron chi connectivity index (χ0n) is 12.0. The number of benzene rings is 1. The number of phenols is 2. The predicted octanol–water partition coefficient (Wildman–Crippen LogP) is 1.65. The Morgan fingerprint density at radius 1 is 1.30 bits per heavy atom. The van der Waals surface area contributed by atoms with Gasteiger partial charge in [-0.3, -0.25) is 4.79 Å². The maximum absolute atomic E-state index is 12.7. The van der Waals surface area contributed by atoms with E-state index in [0.29, 0.717) is 6.54 Å². The van der Waals surface area contributed by atoms with Crippen molar-refractivity contribution in [2.75, 3.05) is 26.7 Å². The van der Waals surface area contributed by atoms with Crippen LogP contribution in [0.5, 0.6) is 11.5 Å². The Hall–Kier alpha value is -1.75. The van der Waals surface area contributed by atoms with Crippen LogP contribution in [0.3, 0.4) is 0 Å². The first kappa shape index (κ1) is 14.7. The van der Waals surface area contributed by atoms with Crippen molar-refractivity contribution in [3.05, 3.63) is 23.8 Å². The van der Waals surface area contributed by atoms with Gasteiger partial charge in [-0.25, -0.2) is 0 Å². The molecule has 5 nitrogen and oxygen atoms in total. The van der Waals surface area contributed by atoms with Crippen molar-refractivity contribution in [1.82, 2.24) is 9.80 Å². The number of hydrogen-bond donors (Lipinski definition) is 2. The molecule has 0 aliphatic carbocycles. The van der Waals surface area contributed by atoms with Gasteiger partial charge in [0.15, 0.2) is 0 Å². The molecule has 0 bridgehead atoms. The number of hydrogen-bond acceptors (Lipinski definition) is 4. The van der Waals surface area contributed by atoms with Crippen LogP contribution in [0.1, 0.15) is 30.1 Å². The Bertz CT molecular complexity index is 470. The molecule has 0 aromatic heterocycles. The van der Waals surface area contributed by atoms with E-state index in [0.717, 1.165) is 25.9 Å². The summed E-state index contributed by atoms with van der Waals surface area (Å²) in [6.07, 6.45) is 1.75. The molecule has 0 spiro atoms. The lowest BCUT2D eigenvalue weighted by Gasteiger charge is -2.30. The van der Waals surface area contributed by atoms with Gasteiger partial charge in [-0.05, 0) is 38.6 Å². The first-order valence-corrected chi connectivity index (χ1v) is 7.05. The van der Waals surface area contributed by atoms with Crippen molar-refractivity contribution >= 4 is 5.91 Å². The minimum atomic E-state index is -0.289. The highest BCUT2D eigenvalue weighted by atomic mass is 16.3. The number of likely N-dealkylation sites (N-methyl/N-ethyl adjacent to an activating group) is 1. The lowest BCUT2D eigenvalue weighted by molar-refractivity contribution is 0.0669. The van der Waals surface area contributed by atoms with Gasteiger partial charge in [0, 0.05) is 19.1 Å². The topological polar surface area (TPSA) is 64.0 Å². The van der Waals surface area contributed by atoms with Crippen LogP contribution in [-0.2, 0) is 0 Å². The SMILES string of the molecule is CCC1CN(C)CCCN1C(=O)c1c(O)cccc1O. The van der Waals surface area contributed by atoms with Gasteiger partial charge in [-0.2, -0.15) is 0 Å². The fraction of sp³-hybridized carbons (Fsp3) is 0.533. The van der Waals surface area contributed by atoms with Gasteiger partial charge in [0.2, 0.25) is 0 Å². The second-order valence-corrected chi connectivity index (χ2v) is 5.35. The van der Waals surface area contributed by atoms with Crippen LogP contribution in [0.15, 0.2) is 18.2 Å². The first-order chi connectivity index (χ1) is 9.54. The highest BCUT2D eigenvalue weighted by Gasteiger charge is 2.29. The first-order valence-electron chi connectivity index (χ1n) is 7.05. The molecule has 1 heterocycles. The summed E-state index contributed by atoms with van der Waals surface area (Å²) in [6.45, 7) is 4.47. The lowest BCUT2D eigenvalue weighted by atomic mass is 10.1. The quantitative estimate of drug-likeness (QED) is 0.863. The summed E-state index contributed by atoms with van der Waals surface area (Å²) in [5.41, 5.74) is 0.00973. The smallest absolute Gasteiger partial charge is 0.261 e. The number of rotatable bonds is 2. The zero-order valence-corrected chi connectivity index (χ0v) is 12.0. The predicted molar refractivity (Wildman–Crippen MR) is 77.0 cm³/mol. The van der Waals surface area contributed by atoms with Crippen LogP contribution < -0.4 is 0 Å². The Morgan fingerprint density at radius 2 is 1.95 bits per heavy atom. The van der Waals surface area contributed by atoms with Gasteiger partial charge in [0.1, 0.15) is 17.1 Å². The summed E-state index contributed by atoms with van der Waals surface area (Å²) < 4.78 is 0. The molecule has 1 unspecified atom stereocenters. The van der Waals surface area contributed by atoms with Crippen LogP contribution in [0.25, 0.3) is 0 Å². The largest absolute Gasteiger partial charge is 0.507 e. The van der Waals surface area contributed by atoms with E-state index in [-0.39, 0.29) is 29.0 Å². The van der Waals surface area contributed by atoms with E-state index >= 15 is 0 Å². The monoisotopic (exact) mass is 278 g/mol. The molecule has 5 heteroatoms. The molecule has 1 aliphatic heterocycles. The molecule has 20 heavy (non-hydrogen) atoms. The molecule has 2 rings (SSSR count).